The minimum atomic E-state index is 0.0400. The summed E-state index contributed by atoms with van der Waals surface area (Å²) in [5, 5.41) is 17.8. The second kappa shape index (κ2) is 9.29. The highest BCUT2D eigenvalue weighted by atomic mass is 32.1. The third kappa shape index (κ3) is 4.18. The van der Waals surface area contributed by atoms with E-state index in [1.54, 1.807) is 30.1 Å². The summed E-state index contributed by atoms with van der Waals surface area (Å²) in [5.41, 5.74) is 2.94. The predicted molar refractivity (Wildman–Crippen MR) is 133 cm³/mol. The highest BCUT2D eigenvalue weighted by Gasteiger charge is 2.13. The molecule has 34 heavy (non-hydrogen) atoms. The number of phenolic OH excluding ortho intramolecular Hbond substituents is 1. The van der Waals surface area contributed by atoms with E-state index >= 15 is 0 Å². The van der Waals surface area contributed by atoms with Gasteiger partial charge in [-0.25, -0.2) is 9.67 Å². The molecule has 2 aromatic heterocycles. The zero-order valence-corrected chi connectivity index (χ0v) is 19.3. The maximum Gasteiger partial charge on any atom is 0.211 e. The zero-order chi connectivity index (χ0) is 23.5. The molecule has 0 bridgehead atoms. The van der Waals surface area contributed by atoms with Gasteiger partial charge >= 0.3 is 0 Å². The molecule has 7 nitrogen and oxygen atoms in total. The number of benzene rings is 3. The van der Waals surface area contributed by atoms with Crippen LogP contribution in [0.3, 0.4) is 0 Å². The smallest absolute Gasteiger partial charge is 0.211 e. The molecular formula is C26H21N3O4S. The lowest BCUT2D eigenvalue weighted by Crippen LogP contribution is -2.11. The molecule has 0 atom stereocenters. The fourth-order valence-electron chi connectivity index (χ4n) is 3.50. The molecule has 0 saturated heterocycles. The van der Waals surface area contributed by atoms with Gasteiger partial charge in [-0.05, 0) is 48.0 Å². The Balaban J connectivity index is 1.65. The normalized spacial score (nSPS) is 12.0. The van der Waals surface area contributed by atoms with Crippen LogP contribution in [0.2, 0.25) is 0 Å². The van der Waals surface area contributed by atoms with Crippen molar-refractivity contribution in [2.45, 2.75) is 0 Å². The van der Waals surface area contributed by atoms with Crippen molar-refractivity contribution in [1.82, 2.24) is 4.68 Å². The molecule has 0 fully saturated rings. The average Bonchev–Trinajstić information content (AvgIpc) is 3.47. The molecule has 5 rings (SSSR count). The van der Waals surface area contributed by atoms with Crippen molar-refractivity contribution >= 4 is 34.2 Å². The van der Waals surface area contributed by atoms with Gasteiger partial charge in [-0.1, -0.05) is 30.3 Å². The van der Waals surface area contributed by atoms with Crippen LogP contribution in [-0.2, 0) is 0 Å². The Morgan fingerprint density at radius 3 is 2.53 bits per heavy atom. The van der Waals surface area contributed by atoms with Crippen molar-refractivity contribution in [3.05, 3.63) is 88.5 Å². The molecule has 0 saturated carbocycles. The Morgan fingerprint density at radius 1 is 0.941 bits per heavy atom. The van der Waals surface area contributed by atoms with E-state index in [2.05, 4.69) is 5.10 Å². The number of para-hydroxylation sites is 3. The van der Waals surface area contributed by atoms with Crippen LogP contribution in [0.15, 0.2) is 92.7 Å². The number of hydrogen-bond donors (Lipinski definition) is 1. The molecule has 0 aliphatic carbocycles. The highest BCUT2D eigenvalue weighted by Crippen LogP contribution is 2.30. The van der Waals surface area contributed by atoms with E-state index in [0.29, 0.717) is 33.3 Å². The lowest BCUT2D eigenvalue weighted by molar-refractivity contribution is 0.373. The minimum Gasteiger partial charge on any atom is -0.504 e. The predicted octanol–water partition coefficient (Wildman–Crippen LogP) is 5.80. The van der Waals surface area contributed by atoms with Gasteiger partial charge in [0.05, 0.1) is 20.4 Å². The number of phenols is 1. The summed E-state index contributed by atoms with van der Waals surface area (Å²) >= 11 is 1.44. The highest BCUT2D eigenvalue weighted by molar-refractivity contribution is 7.07. The molecule has 0 amide bonds. The third-order valence-electron chi connectivity index (χ3n) is 5.19. The van der Waals surface area contributed by atoms with Crippen molar-refractivity contribution in [1.29, 1.82) is 0 Å². The van der Waals surface area contributed by atoms with Crippen LogP contribution in [0.25, 0.3) is 22.4 Å². The lowest BCUT2D eigenvalue weighted by Gasteiger charge is -2.05. The standard InChI is InChI=1S/C26H21N3O4S/c1-31-23-10-6-4-8-19(23)28-26-29(27-15-17-11-12-24(32-2)21(30)13-17)20(16-34-26)25-14-18-7-3-5-9-22(18)33-25/h3-16,30H,1-2H3. The molecule has 8 heteroatoms. The Bertz CT molecular complexity index is 1530. The molecule has 170 valence electrons. The zero-order valence-electron chi connectivity index (χ0n) is 18.5. The first-order valence-corrected chi connectivity index (χ1v) is 11.3. The summed E-state index contributed by atoms with van der Waals surface area (Å²) in [7, 11) is 3.13. The molecule has 0 aliphatic heterocycles. The number of nitrogens with zero attached hydrogens (tertiary/aromatic N) is 3. The van der Waals surface area contributed by atoms with Gasteiger partial charge in [0, 0.05) is 10.8 Å². The number of thiazole rings is 1. The molecule has 5 aromatic rings. The van der Waals surface area contributed by atoms with Gasteiger partial charge in [-0.15, -0.1) is 11.3 Å². The van der Waals surface area contributed by atoms with E-state index in [0.717, 1.165) is 16.7 Å². The Hall–Kier alpha value is -4.30. The van der Waals surface area contributed by atoms with E-state index in [-0.39, 0.29) is 5.75 Å². The van der Waals surface area contributed by atoms with Crippen LogP contribution < -0.4 is 14.3 Å². The van der Waals surface area contributed by atoms with Crippen LogP contribution in [0.1, 0.15) is 5.56 Å². The first kappa shape index (κ1) is 21.5. The maximum atomic E-state index is 10.1. The largest absolute Gasteiger partial charge is 0.504 e. The second-order valence-corrected chi connectivity index (χ2v) is 8.16. The first-order chi connectivity index (χ1) is 16.7. The summed E-state index contributed by atoms with van der Waals surface area (Å²) < 4.78 is 18.4. The Kier molecular flexibility index (Phi) is 5.88. The van der Waals surface area contributed by atoms with Crippen molar-refractivity contribution in [3.8, 4) is 28.7 Å². The van der Waals surface area contributed by atoms with Gasteiger partial charge in [-0.3, -0.25) is 0 Å². The number of aromatic nitrogens is 1. The summed E-state index contributed by atoms with van der Waals surface area (Å²) in [6, 6.07) is 22.5. The molecule has 0 unspecified atom stereocenters. The monoisotopic (exact) mass is 471 g/mol. The van der Waals surface area contributed by atoms with Crippen LogP contribution in [0, 0.1) is 0 Å². The Morgan fingerprint density at radius 2 is 1.74 bits per heavy atom. The molecule has 1 N–H and O–H groups in total. The SMILES string of the molecule is COc1ccc(C=Nn2c(-c3cc4ccccc4o3)csc2=Nc2ccccc2OC)cc1O. The number of rotatable bonds is 6. The Labute approximate surface area is 199 Å². The first-order valence-electron chi connectivity index (χ1n) is 10.4. The quantitative estimate of drug-likeness (QED) is 0.317. The lowest BCUT2D eigenvalue weighted by atomic mass is 10.2. The summed E-state index contributed by atoms with van der Waals surface area (Å²) in [4.78, 5) is 5.43. The van der Waals surface area contributed by atoms with Crippen molar-refractivity contribution in [3.63, 3.8) is 0 Å². The van der Waals surface area contributed by atoms with Gasteiger partial charge in [0.25, 0.3) is 0 Å². The summed E-state index contributed by atoms with van der Waals surface area (Å²) in [5.74, 6) is 1.78. The van der Waals surface area contributed by atoms with Crippen molar-refractivity contribution < 1.29 is 19.0 Å². The fourth-order valence-corrected chi connectivity index (χ4v) is 4.33. The summed E-state index contributed by atoms with van der Waals surface area (Å²) in [6.45, 7) is 0. The van der Waals surface area contributed by atoms with Crippen LogP contribution in [0.4, 0.5) is 5.69 Å². The number of aromatic hydroxyl groups is 1. The van der Waals surface area contributed by atoms with E-state index in [4.69, 9.17) is 18.9 Å². The van der Waals surface area contributed by atoms with Crippen LogP contribution in [0.5, 0.6) is 17.2 Å². The average molecular weight is 472 g/mol. The maximum absolute atomic E-state index is 10.1. The number of furan rings is 1. The number of hydrogen-bond acceptors (Lipinski definition) is 7. The topological polar surface area (TPSA) is 81.5 Å². The van der Waals surface area contributed by atoms with Gasteiger partial charge in [0.2, 0.25) is 4.80 Å². The third-order valence-corrected chi connectivity index (χ3v) is 6.01. The van der Waals surface area contributed by atoms with Gasteiger partial charge < -0.3 is 19.0 Å². The molecular weight excluding hydrogens is 450 g/mol. The fraction of sp³-hybridized carbons (Fsp3) is 0.0769. The minimum absolute atomic E-state index is 0.0400. The summed E-state index contributed by atoms with van der Waals surface area (Å²) in [6.07, 6.45) is 1.65. The van der Waals surface area contributed by atoms with Crippen molar-refractivity contribution in [2.75, 3.05) is 14.2 Å². The van der Waals surface area contributed by atoms with Crippen LogP contribution in [-0.4, -0.2) is 30.2 Å². The number of ether oxygens (including phenoxy) is 2. The number of fused-ring (bicyclic) bond motifs is 1. The molecule has 0 radical (unpaired) electrons. The second-order valence-electron chi connectivity index (χ2n) is 7.32. The van der Waals surface area contributed by atoms with E-state index < -0.39 is 0 Å². The van der Waals surface area contributed by atoms with Crippen LogP contribution >= 0.6 is 11.3 Å². The van der Waals surface area contributed by atoms with Gasteiger partial charge in [0.15, 0.2) is 17.3 Å². The molecule has 2 heterocycles. The van der Waals surface area contributed by atoms with E-state index in [1.807, 2.05) is 66.0 Å². The van der Waals surface area contributed by atoms with E-state index in [9.17, 15) is 5.11 Å². The number of methoxy groups -OCH3 is 2. The molecule has 3 aromatic carbocycles. The van der Waals surface area contributed by atoms with Gasteiger partial charge in [-0.2, -0.15) is 5.10 Å². The molecule has 0 spiro atoms. The van der Waals surface area contributed by atoms with Gasteiger partial charge in [0.1, 0.15) is 22.7 Å². The van der Waals surface area contributed by atoms with Crippen molar-refractivity contribution in [2.24, 2.45) is 10.1 Å². The van der Waals surface area contributed by atoms with E-state index in [1.165, 1.54) is 18.4 Å². The molecule has 0 aliphatic rings.